The van der Waals surface area contributed by atoms with E-state index in [1.54, 1.807) is 4.57 Å². The van der Waals surface area contributed by atoms with E-state index in [0.717, 1.165) is 47.7 Å². The Morgan fingerprint density at radius 2 is 1.62 bits per heavy atom. The number of rotatable bonds is 6. The van der Waals surface area contributed by atoms with Gasteiger partial charge in [-0.1, -0.05) is 37.3 Å². The van der Waals surface area contributed by atoms with Gasteiger partial charge in [-0.25, -0.2) is 4.98 Å². The van der Waals surface area contributed by atoms with Gasteiger partial charge in [0.1, 0.15) is 11.6 Å². The molecule has 4 aromatic rings. The van der Waals surface area contributed by atoms with Crippen LogP contribution in [0.25, 0.3) is 28.0 Å². The summed E-state index contributed by atoms with van der Waals surface area (Å²) in [4.78, 5) is 21.1. The molecule has 0 saturated carbocycles. The summed E-state index contributed by atoms with van der Waals surface area (Å²) in [7, 11) is 0. The second kappa shape index (κ2) is 8.87. The molecule has 0 bridgehead atoms. The highest BCUT2D eigenvalue weighted by molar-refractivity contribution is 5.84. The lowest BCUT2D eigenvalue weighted by atomic mass is 10.1. The molecule has 0 N–H and O–H groups in total. The minimum absolute atomic E-state index is 0.0582. The molecule has 5 rings (SSSR count). The number of aromatic nitrogens is 2. The van der Waals surface area contributed by atoms with Gasteiger partial charge in [0, 0.05) is 24.3 Å². The van der Waals surface area contributed by atoms with Crippen molar-refractivity contribution in [2.75, 3.05) is 24.6 Å². The average Bonchev–Trinajstić information content (AvgIpc) is 3.39. The van der Waals surface area contributed by atoms with Crippen LogP contribution in [0.4, 0.5) is 5.69 Å². The highest BCUT2D eigenvalue weighted by Crippen LogP contribution is 2.27. The Kier molecular flexibility index (Phi) is 5.63. The van der Waals surface area contributed by atoms with Gasteiger partial charge < -0.3 is 9.64 Å². The van der Waals surface area contributed by atoms with E-state index in [1.807, 2.05) is 66.7 Å². The molecule has 5 heteroatoms. The summed E-state index contributed by atoms with van der Waals surface area (Å²) in [5.74, 6) is 1.44. The van der Waals surface area contributed by atoms with E-state index < -0.39 is 0 Å². The molecular weight excluding hydrogens is 398 g/mol. The molecule has 1 aliphatic rings. The van der Waals surface area contributed by atoms with Crippen molar-refractivity contribution in [1.29, 1.82) is 0 Å². The van der Waals surface area contributed by atoms with E-state index in [0.29, 0.717) is 17.8 Å². The van der Waals surface area contributed by atoms with Gasteiger partial charge in [0.15, 0.2) is 0 Å². The lowest BCUT2D eigenvalue weighted by Crippen LogP contribution is -2.23. The number of anilines is 1. The van der Waals surface area contributed by atoms with E-state index in [4.69, 9.17) is 9.72 Å². The standard InChI is InChI=1S/C27H27N3O2/c1-2-18-32-23-13-10-21(11-14-23)30-26(20-8-4-3-5-9-20)28-25-15-12-22(19-24(25)27(30)31)29-16-6-7-17-29/h3-5,8-15,19H,2,6-7,16-18H2,1H3. The van der Waals surface area contributed by atoms with Crippen LogP contribution in [0.1, 0.15) is 26.2 Å². The van der Waals surface area contributed by atoms with E-state index in [1.165, 1.54) is 12.8 Å². The van der Waals surface area contributed by atoms with E-state index >= 15 is 0 Å². The van der Waals surface area contributed by atoms with Gasteiger partial charge in [0.05, 0.1) is 23.2 Å². The fraction of sp³-hybridized carbons (Fsp3) is 0.259. The zero-order valence-corrected chi connectivity index (χ0v) is 18.3. The van der Waals surface area contributed by atoms with Crippen LogP contribution < -0.4 is 15.2 Å². The zero-order chi connectivity index (χ0) is 21.9. The Bertz CT molecular complexity index is 1270. The Hall–Kier alpha value is -3.60. The van der Waals surface area contributed by atoms with Crippen LogP contribution in [-0.2, 0) is 0 Å². The summed E-state index contributed by atoms with van der Waals surface area (Å²) in [6.07, 6.45) is 3.34. The predicted molar refractivity (Wildman–Crippen MR) is 130 cm³/mol. The number of nitrogens with zero attached hydrogens (tertiary/aromatic N) is 3. The second-order valence-corrected chi connectivity index (χ2v) is 8.18. The molecule has 32 heavy (non-hydrogen) atoms. The molecule has 2 heterocycles. The molecule has 0 aliphatic carbocycles. The van der Waals surface area contributed by atoms with Crippen molar-refractivity contribution in [3.05, 3.63) is 83.2 Å². The molecule has 3 aromatic carbocycles. The van der Waals surface area contributed by atoms with Crippen LogP contribution in [0.5, 0.6) is 5.75 Å². The Labute approximate surface area is 187 Å². The molecule has 1 saturated heterocycles. The summed E-state index contributed by atoms with van der Waals surface area (Å²) in [6, 6.07) is 23.6. The maximum Gasteiger partial charge on any atom is 0.266 e. The molecule has 0 atom stereocenters. The smallest absolute Gasteiger partial charge is 0.266 e. The number of hydrogen-bond donors (Lipinski definition) is 0. The normalized spacial score (nSPS) is 13.6. The summed E-state index contributed by atoms with van der Waals surface area (Å²) < 4.78 is 7.44. The maximum absolute atomic E-state index is 13.8. The minimum Gasteiger partial charge on any atom is -0.494 e. The molecule has 5 nitrogen and oxygen atoms in total. The topological polar surface area (TPSA) is 47.4 Å². The van der Waals surface area contributed by atoms with Gasteiger partial charge in [-0.15, -0.1) is 0 Å². The molecule has 0 radical (unpaired) electrons. The third kappa shape index (κ3) is 3.86. The first kappa shape index (κ1) is 20.3. The Morgan fingerprint density at radius 1 is 0.906 bits per heavy atom. The molecule has 0 spiro atoms. The fourth-order valence-corrected chi connectivity index (χ4v) is 4.28. The predicted octanol–water partition coefficient (Wildman–Crippen LogP) is 5.44. The zero-order valence-electron chi connectivity index (χ0n) is 18.3. The van der Waals surface area contributed by atoms with Crippen LogP contribution in [0.15, 0.2) is 77.6 Å². The van der Waals surface area contributed by atoms with Gasteiger partial charge in [-0.3, -0.25) is 9.36 Å². The second-order valence-electron chi connectivity index (χ2n) is 8.18. The quantitative estimate of drug-likeness (QED) is 0.413. The first-order valence-electron chi connectivity index (χ1n) is 11.3. The first-order chi connectivity index (χ1) is 15.7. The lowest BCUT2D eigenvalue weighted by Gasteiger charge is -2.19. The van der Waals surface area contributed by atoms with Gasteiger partial charge in [0.2, 0.25) is 0 Å². The van der Waals surface area contributed by atoms with Gasteiger partial charge >= 0.3 is 0 Å². The minimum atomic E-state index is -0.0582. The van der Waals surface area contributed by atoms with Crippen molar-refractivity contribution in [3.63, 3.8) is 0 Å². The number of hydrogen-bond acceptors (Lipinski definition) is 4. The van der Waals surface area contributed by atoms with Crippen molar-refractivity contribution in [3.8, 4) is 22.8 Å². The third-order valence-electron chi connectivity index (χ3n) is 5.92. The van der Waals surface area contributed by atoms with Crippen LogP contribution in [0.3, 0.4) is 0 Å². The van der Waals surface area contributed by atoms with Crippen LogP contribution in [0.2, 0.25) is 0 Å². The fourth-order valence-electron chi connectivity index (χ4n) is 4.28. The van der Waals surface area contributed by atoms with Gasteiger partial charge in [-0.2, -0.15) is 0 Å². The van der Waals surface area contributed by atoms with Gasteiger partial charge in [0.25, 0.3) is 5.56 Å². The molecule has 0 amide bonds. The monoisotopic (exact) mass is 425 g/mol. The SMILES string of the molecule is CCCOc1ccc(-n2c(-c3ccccc3)nc3ccc(N4CCCC4)cc3c2=O)cc1. The van der Waals surface area contributed by atoms with Crippen molar-refractivity contribution in [2.45, 2.75) is 26.2 Å². The Balaban J connectivity index is 1.68. The highest BCUT2D eigenvalue weighted by atomic mass is 16.5. The maximum atomic E-state index is 13.8. The summed E-state index contributed by atoms with van der Waals surface area (Å²) in [6.45, 7) is 4.82. The van der Waals surface area contributed by atoms with E-state index in [2.05, 4.69) is 17.9 Å². The largest absolute Gasteiger partial charge is 0.494 e. The molecule has 1 aliphatic heterocycles. The number of ether oxygens (including phenoxy) is 1. The summed E-state index contributed by atoms with van der Waals surface area (Å²) >= 11 is 0. The van der Waals surface area contributed by atoms with E-state index in [9.17, 15) is 4.79 Å². The van der Waals surface area contributed by atoms with Crippen molar-refractivity contribution in [2.24, 2.45) is 0 Å². The van der Waals surface area contributed by atoms with Gasteiger partial charge in [-0.05, 0) is 61.7 Å². The van der Waals surface area contributed by atoms with Crippen molar-refractivity contribution >= 4 is 16.6 Å². The van der Waals surface area contributed by atoms with Crippen LogP contribution >= 0.6 is 0 Å². The van der Waals surface area contributed by atoms with Crippen LogP contribution in [-0.4, -0.2) is 29.2 Å². The molecule has 1 aromatic heterocycles. The first-order valence-corrected chi connectivity index (χ1v) is 11.3. The lowest BCUT2D eigenvalue weighted by molar-refractivity contribution is 0.317. The number of fused-ring (bicyclic) bond motifs is 1. The molecule has 1 fully saturated rings. The average molecular weight is 426 g/mol. The Morgan fingerprint density at radius 3 is 2.34 bits per heavy atom. The van der Waals surface area contributed by atoms with Crippen molar-refractivity contribution in [1.82, 2.24) is 9.55 Å². The van der Waals surface area contributed by atoms with Crippen LogP contribution in [0, 0.1) is 0 Å². The third-order valence-corrected chi connectivity index (χ3v) is 5.92. The summed E-state index contributed by atoms with van der Waals surface area (Å²) in [5, 5.41) is 0.639. The molecular formula is C27H27N3O2. The number of benzene rings is 3. The summed E-state index contributed by atoms with van der Waals surface area (Å²) in [5.41, 5.74) is 3.43. The van der Waals surface area contributed by atoms with E-state index in [-0.39, 0.29) is 5.56 Å². The highest BCUT2D eigenvalue weighted by Gasteiger charge is 2.17. The van der Waals surface area contributed by atoms with Crippen molar-refractivity contribution < 1.29 is 4.74 Å². The molecule has 162 valence electrons. The molecule has 0 unspecified atom stereocenters.